The number of carboxylic acids is 1. The molecule has 0 heterocycles. The monoisotopic (exact) mass is 309 g/mol. The van der Waals surface area contributed by atoms with Crippen LogP contribution in [0.2, 0.25) is 0 Å². The molecule has 0 aromatic rings. The van der Waals surface area contributed by atoms with E-state index in [1.807, 2.05) is 19.1 Å². The van der Waals surface area contributed by atoms with E-state index in [9.17, 15) is 14.4 Å². The van der Waals surface area contributed by atoms with Crippen LogP contribution < -0.4 is 5.32 Å². The zero-order chi connectivity index (χ0) is 16.7. The smallest absolute Gasteiger partial charge is 0.326 e. The Morgan fingerprint density at radius 1 is 1.36 bits per heavy atom. The third-order valence-corrected chi connectivity index (χ3v) is 4.23. The number of nitrogens with one attached hydrogen (secondary N) is 1. The Balaban J connectivity index is 2.60. The summed E-state index contributed by atoms with van der Waals surface area (Å²) < 4.78 is 0. The van der Waals surface area contributed by atoms with Crippen LogP contribution in [-0.2, 0) is 14.4 Å². The molecule has 3 atom stereocenters. The largest absolute Gasteiger partial charge is 0.480 e. The van der Waals surface area contributed by atoms with Gasteiger partial charge in [-0.1, -0.05) is 32.9 Å². The normalized spacial score (nSPS) is 23.2. The van der Waals surface area contributed by atoms with Crippen LogP contribution in [0.3, 0.4) is 0 Å². The molecule has 0 saturated heterocycles. The Bertz CT molecular complexity index is 442. The first kappa shape index (κ1) is 18.4. The minimum atomic E-state index is -1.02. The number of hydrogen-bond acceptors (Lipinski definition) is 3. The van der Waals surface area contributed by atoms with Crippen molar-refractivity contribution in [1.82, 2.24) is 5.32 Å². The van der Waals surface area contributed by atoms with Crippen LogP contribution in [0.1, 0.15) is 52.9 Å². The number of aliphatic carboxylic acids is 1. The average Bonchev–Trinajstić information content (AvgIpc) is 2.77. The summed E-state index contributed by atoms with van der Waals surface area (Å²) in [5.41, 5.74) is 0. The molecular weight excluding hydrogens is 282 g/mol. The van der Waals surface area contributed by atoms with Crippen LogP contribution in [-0.4, -0.2) is 28.8 Å². The van der Waals surface area contributed by atoms with Gasteiger partial charge in [-0.3, -0.25) is 9.59 Å². The van der Waals surface area contributed by atoms with Gasteiger partial charge in [0.25, 0.3) is 0 Å². The van der Waals surface area contributed by atoms with E-state index in [4.69, 9.17) is 5.11 Å². The minimum Gasteiger partial charge on any atom is -0.480 e. The van der Waals surface area contributed by atoms with Gasteiger partial charge in [0.05, 0.1) is 0 Å². The highest BCUT2D eigenvalue weighted by atomic mass is 16.4. The molecule has 1 rings (SSSR count). The van der Waals surface area contributed by atoms with E-state index in [1.54, 1.807) is 13.8 Å². The highest BCUT2D eigenvalue weighted by Crippen LogP contribution is 2.34. The second-order valence-corrected chi connectivity index (χ2v) is 6.32. The summed E-state index contributed by atoms with van der Waals surface area (Å²) in [6.45, 7) is 5.56. The van der Waals surface area contributed by atoms with Gasteiger partial charge in [-0.2, -0.15) is 0 Å². The molecule has 1 fully saturated rings. The van der Waals surface area contributed by atoms with Crippen LogP contribution in [0.4, 0.5) is 0 Å². The van der Waals surface area contributed by atoms with E-state index in [1.165, 1.54) is 0 Å². The molecule has 0 aromatic carbocycles. The van der Waals surface area contributed by atoms with Crippen molar-refractivity contribution in [2.75, 3.05) is 0 Å². The predicted octanol–water partition coefficient (Wildman–Crippen LogP) is 2.55. The lowest BCUT2D eigenvalue weighted by Crippen LogP contribution is -2.45. The van der Waals surface area contributed by atoms with Gasteiger partial charge in [0.2, 0.25) is 5.91 Å². The Labute approximate surface area is 132 Å². The highest BCUT2D eigenvalue weighted by molar-refractivity contribution is 5.87. The SMILES string of the molecule is CC/C=C\C[C@H]1C(=O)CC[C@@H]1CC(=O)N[C@@H](C(=O)O)C(C)C. The minimum absolute atomic E-state index is 0.0237. The lowest BCUT2D eigenvalue weighted by atomic mass is 9.89. The second-order valence-electron chi connectivity index (χ2n) is 6.32. The molecule has 22 heavy (non-hydrogen) atoms. The standard InChI is InChI=1S/C17H27NO4/c1-4-5-6-7-13-12(8-9-14(13)19)10-15(20)18-16(11(2)3)17(21)22/h5-6,11-13,16H,4,7-10H2,1-3H3,(H,18,20)(H,21,22)/b6-5-/t12-,13-,16-/m1/s1. The van der Waals surface area contributed by atoms with E-state index in [0.29, 0.717) is 12.8 Å². The van der Waals surface area contributed by atoms with Gasteiger partial charge in [0, 0.05) is 18.8 Å². The van der Waals surface area contributed by atoms with Crippen LogP contribution in [0.25, 0.3) is 0 Å². The highest BCUT2D eigenvalue weighted by Gasteiger charge is 2.35. The van der Waals surface area contributed by atoms with Crippen molar-refractivity contribution in [1.29, 1.82) is 0 Å². The molecule has 0 aliphatic heterocycles. The molecule has 2 N–H and O–H groups in total. The van der Waals surface area contributed by atoms with Gasteiger partial charge in [0.15, 0.2) is 0 Å². The maximum Gasteiger partial charge on any atom is 0.326 e. The predicted molar refractivity (Wildman–Crippen MR) is 84.3 cm³/mol. The van der Waals surface area contributed by atoms with Crippen molar-refractivity contribution in [2.24, 2.45) is 17.8 Å². The molecule has 0 unspecified atom stereocenters. The zero-order valence-electron chi connectivity index (χ0n) is 13.7. The van der Waals surface area contributed by atoms with E-state index >= 15 is 0 Å². The van der Waals surface area contributed by atoms with Crippen molar-refractivity contribution in [3.05, 3.63) is 12.2 Å². The Kier molecular flexibility index (Phi) is 7.28. The number of rotatable bonds is 8. The molecule has 124 valence electrons. The summed E-state index contributed by atoms with van der Waals surface area (Å²) in [5, 5.41) is 11.7. The molecule has 1 aliphatic rings. The fourth-order valence-electron chi connectivity index (χ4n) is 2.94. The van der Waals surface area contributed by atoms with Gasteiger partial charge in [-0.05, 0) is 31.1 Å². The van der Waals surface area contributed by atoms with Crippen molar-refractivity contribution in [3.63, 3.8) is 0 Å². The molecule has 1 amide bonds. The van der Waals surface area contributed by atoms with Crippen LogP contribution >= 0.6 is 0 Å². The van der Waals surface area contributed by atoms with Gasteiger partial charge >= 0.3 is 5.97 Å². The summed E-state index contributed by atoms with van der Waals surface area (Å²) >= 11 is 0. The molecule has 1 saturated carbocycles. The summed E-state index contributed by atoms with van der Waals surface area (Å²) in [6.07, 6.45) is 7.12. The number of Topliss-reactive ketones (excluding diaryl/α,β-unsaturated/α-hetero) is 1. The lowest BCUT2D eigenvalue weighted by molar-refractivity contribution is -0.143. The van der Waals surface area contributed by atoms with Crippen molar-refractivity contribution in [2.45, 2.75) is 58.9 Å². The average molecular weight is 309 g/mol. The third-order valence-electron chi connectivity index (χ3n) is 4.23. The van der Waals surface area contributed by atoms with Crippen LogP contribution in [0.5, 0.6) is 0 Å². The Hall–Kier alpha value is -1.65. The molecular formula is C17H27NO4. The van der Waals surface area contributed by atoms with Gasteiger partial charge in [0.1, 0.15) is 11.8 Å². The third kappa shape index (κ3) is 5.28. The Morgan fingerprint density at radius 3 is 2.59 bits per heavy atom. The summed E-state index contributed by atoms with van der Waals surface area (Å²) in [7, 11) is 0. The maximum atomic E-state index is 12.1. The first-order valence-electron chi connectivity index (χ1n) is 8.06. The first-order chi connectivity index (χ1) is 10.4. The number of ketones is 1. The number of allylic oxidation sites excluding steroid dienone is 2. The number of hydrogen-bond donors (Lipinski definition) is 2. The molecule has 5 nitrogen and oxygen atoms in total. The van der Waals surface area contributed by atoms with Crippen molar-refractivity contribution < 1.29 is 19.5 Å². The van der Waals surface area contributed by atoms with Crippen molar-refractivity contribution >= 4 is 17.7 Å². The summed E-state index contributed by atoms with van der Waals surface area (Å²) in [4.78, 5) is 35.2. The van der Waals surface area contributed by atoms with Crippen molar-refractivity contribution in [3.8, 4) is 0 Å². The van der Waals surface area contributed by atoms with Gasteiger partial charge < -0.3 is 10.4 Å². The first-order valence-corrected chi connectivity index (χ1v) is 8.06. The van der Waals surface area contributed by atoms with E-state index in [2.05, 4.69) is 5.32 Å². The second kappa shape index (κ2) is 8.71. The lowest BCUT2D eigenvalue weighted by Gasteiger charge is -2.21. The molecule has 5 heteroatoms. The van der Waals surface area contributed by atoms with Gasteiger partial charge in [-0.25, -0.2) is 4.79 Å². The molecule has 0 spiro atoms. The number of carbonyl (C=O) groups is 3. The van der Waals surface area contributed by atoms with Gasteiger partial charge in [-0.15, -0.1) is 0 Å². The van der Waals surface area contributed by atoms with E-state index in [-0.39, 0.29) is 35.9 Å². The van der Waals surface area contributed by atoms with Crippen LogP contribution in [0.15, 0.2) is 12.2 Å². The van der Waals surface area contributed by atoms with E-state index < -0.39 is 12.0 Å². The topological polar surface area (TPSA) is 83.5 Å². The number of amides is 1. The maximum absolute atomic E-state index is 12.1. The zero-order valence-corrected chi connectivity index (χ0v) is 13.7. The fourth-order valence-corrected chi connectivity index (χ4v) is 2.94. The molecule has 0 radical (unpaired) electrons. The molecule has 1 aliphatic carbocycles. The fraction of sp³-hybridized carbons (Fsp3) is 0.706. The van der Waals surface area contributed by atoms with Crippen LogP contribution in [0, 0.1) is 17.8 Å². The summed E-state index contributed by atoms with van der Waals surface area (Å²) in [6, 6.07) is -0.872. The molecule has 0 aromatic heterocycles. The Morgan fingerprint density at radius 2 is 2.05 bits per heavy atom. The number of carboxylic acid groups (broad SMARTS) is 1. The quantitative estimate of drug-likeness (QED) is 0.675. The summed E-state index contributed by atoms with van der Waals surface area (Å²) in [5.74, 6) is -1.32. The number of carbonyl (C=O) groups excluding carboxylic acids is 2. The molecule has 0 bridgehead atoms. The van der Waals surface area contributed by atoms with E-state index in [0.717, 1.165) is 12.8 Å².